The molecule has 0 saturated carbocycles. The third-order valence-corrected chi connectivity index (χ3v) is 12.7. The van der Waals surface area contributed by atoms with E-state index in [1.165, 1.54) is 17.5 Å². The zero-order chi connectivity index (χ0) is 27.8. The number of fused-ring (bicyclic) bond motifs is 1. The molecule has 7 heteroatoms. The van der Waals surface area contributed by atoms with Gasteiger partial charge >= 0.3 is 5.97 Å². The predicted octanol–water partition coefficient (Wildman–Crippen LogP) is 5.01. The summed E-state index contributed by atoms with van der Waals surface area (Å²) in [6.45, 7) is 11.0. The molecule has 2 saturated heterocycles. The molecule has 0 aromatic heterocycles. The van der Waals surface area contributed by atoms with Crippen molar-refractivity contribution in [3.63, 3.8) is 0 Å². The Morgan fingerprint density at radius 2 is 1.46 bits per heavy atom. The normalized spacial score (nSPS) is 24.4. The molecule has 0 aliphatic carbocycles. The van der Waals surface area contributed by atoms with Crippen LogP contribution in [-0.2, 0) is 23.4 Å². The van der Waals surface area contributed by atoms with Crippen LogP contribution in [0.2, 0.25) is 5.04 Å². The summed E-state index contributed by atoms with van der Waals surface area (Å²) in [5.41, 5.74) is 1.32. The van der Waals surface area contributed by atoms with E-state index < -0.39 is 20.2 Å². The summed E-state index contributed by atoms with van der Waals surface area (Å²) >= 11 is 0. The number of hydrogen-bond acceptors (Lipinski definition) is 6. The van der Waals surface area contributed by atoms with Gasteiger partial charge in [0.15, 0.2) is 5.79 Å². The van der Waals surface area contributed by atoms with Gasteiger partial charge in [-0.3, -0.25) is 0 Å². The molecule has 0 radical (unpaired) electrons. The molecule has 3 aromatic rings. The summed E-state index contributed by atoms with van der Waals surface area (Å²) in [7, 11) is -1.38. The van der Waals surface area contributed by atoms with Crippen molar-refractivity contribution in [2.75, 3.05) is 13.7 Å². The number of methoxy groups -OCH3 is 1. The lowest BCUT2D eigenvalue weighted by atomic mass is 10.00. The maximum absolute atomic E-state index is 12.2. The maximum Gasteiger partial charge on any atom is 0.337 e. The van der Waals surface area contributed by atoms with Crippen molar-refractivity contribution < 1.29 is 28.2 Å². The minimum atomic E-state index is -2.76. The Labute approximate surface area is 232 Å². The van der Waals surface area contributed by atoms with E-state index >= 15 is 0 Å². The summed E-state index contributed by atoms with van der Waals surface area (Å²) in [4.78, 5) is 12.2. The Bertz CT molecular complexity index is 1250. The molecule has 3 aromatic carbocycles. The highest BCUT2D eigenvalue weighted by molar-refractivity contribution is 6.99. The second-order valence-corrected chi connectivity index (χ2v) is 16.1. The Morgan fingerprint density at radius 1 is 0.872 bits per heavy atom. The number of benzene rings is 3. The van der Waals surface area contributed by atoms with Gasteiger partial charge in [-0.15, -0.1) is 0 Å². The van der Waals surface area contributed by atoms with Gasteiger partial charge in [-0.1, -0.05) is 93.6 Å². The Hall–Kier alpha value is -2.81. The molecule has 0 spiro atoms. The third kappa shape index (κ3) is 5.22. The van der Waals surface area contributed by atoms with Gasteiger partial charge in [-0.2, -0.15) is 0 Å². The Morgan fingerprint density at radius 3 is 2.03 bits per heavy atom. The van der Waals surface area contributed by atoms with Gasteiger partial charge < -0.3 is 23.4 Å². The fraction of sp³-hybridized carbons (Fsp3) is 0.406. The van der Waals surface area contributed by atoms with Crippen molar-refractivity contribution in [3.05, 3.63) is 96.1 Å². The van der Waals surface area contributed by atoms with Crippen LogP contribution in [0.3, 0.4) is 0 Å². The number of carbonyl (C=O) groups excluding carboxylic acids is 1. The number of rotatable bonds is 7. The second kappa shape index (κ2) is 10.6. The average molecular weight is 547 g/mol. The molecule has 2 aliphatic heterocycles. The molecule has 2 fully saturated rings. The standard InChI is InChI=1S/C32H38O6Si/c1-31(2,3)39(24-16-9-7-10-17-24,25-18-11-8-12-19-25)35-21-26-28-29(38-32(4,5)37-28)27(36-26)22-14-13-15-23(20-22)30(33)34-6/h7-20,26-29H,21H2,1-6H3/t26-,27+,28-,29+/m1/s1. The van der Waals surface area contributed by atoms with Crippen LogP contribution in [-0.4, -0.2) is 52.1 Å². The number of hydrogen-bond donors (Lipinski definition) is 0. The van der Waals surface area contributed by atoms with Gasteiger partial charge in [0.25, 0.3) is 8.32 Å². The monoisotopic (exact) mass is 546 g/mol. The highest BCUT2D eigenvalue weighted by Gasteiger charge is 2.57. The molecule has 0 amide bonds. The fourth-order valence-corrected chi connectivity index (χ4v) is 10.6. The molecule has 6 nitrogen and oxygen atoms in total. The molecular weight excluding hydrogens is 508 g/mol. The minimum absolute atomic E-state index is 0.158. The van der Waals surface area contributed by atoms with E-state index in [2.05, 4.69) is 69.3 Å². The molecule has 0 unspecified atom stereocenters. The summed E-state index contributed by atoms with van der Waals surface area (Å²) in [5, 5.41) is 2.27. The van der Waals surface area contributed by atoms with Gasteiger partial charge in [0, 0.05) is 0 Å². The van der Waals surface area contributed by atoms with Crippen LogP contribution in [0.25, 0.3) is 0 Å². The Balaban J connectivity index is 1.50. The molecule has 2 aliphatic rings. The van der Waals surface area contributed by atoms with Crippen molar-refractivity contribution in [3.8, 4) is 0 Å². The smallest absolute Gasteiger partial charge is 0.337 e. The summed E-state index contributed by atoms with van der Waals surface area (Å²) in [5.74, 6) is -1.14. The molecule has 0 N–H and O–H groups in total. The van der Waals surface area contributed by atoms with Crippen molar-refractivity contribution >= 4 is 24.7 Å². The third-order valence-electron chi connectivity index (χ3n) is 7.67. The molecule has 206 valence electrons. The second-order valence-electron chi connectivity index (χ2n) is 11.8. The van der Waals surface area contributed by atoms with E-state index in [4.69, 9.17) is 23.4 Å². The van der Waals surface area contributed by atoms with Crippen LogP contribution in [0, 0.1) is 0 Å². The molecule has 2 heterocycles. The van der Waals surface area contributed by atoms with Gasteiger partial charge in [0.05, 0.1) is 19.3 Å². The summed E-state index contributed by atoms with van der Waals surface area (Å²) in [6, 6.07) is 28.5. The summed E-state index contributed by atoms with van der Waals surface area (Å²) in [6.07, 6.45) is -1.41. The highest BCUT2D eigenvalue weighted by atomic mass is 28.4. The van der Waals surface area contributed by atoms with E-state index in [1.54, 1.807) is 6.07 Å². The predicted molar refractivity (Wildman–Crippen MR) is 153 cm³/mol. The fourth-order valence-electron chi connectivity index (χ4n) is 6.01. The molecular formula is C32H38O6Si. The SMILES string of the molecule is COC(=O)c1cccc([C@@H]2O[C@H](CO[Si](c3ccccc3)(c3ccccc3)C(C)(C)C)[C@H]3OC(C)(C)O[C@H]32)c1. The largest absolute Gasteiger partial charge is 0.465 e. The lowest BCUT2D eigenvalue weighted by Crippen LogP contribution is -2.67. The van der Waals surface area contributed by atoms with Gasteiger partial charge in [0.2, 0.25) is 0 Å². The molecule has 0 bridgehead atoms. The van der Waals surface area contributed by atoms with Crippen LogP contribution in [0.5, 0.6) is 0 Å². The molecule has 39 heavy (non-hydrogen) atoms. The van der Waals surface area contributed by atoms with E-state index in [9.17, 15) is 4.79 Å². The first kappa shape index (κ1) is 27.7. The lowest BCUT2D eigenvalue weighted by Gasteiger charge is -2.43. The van der Waals surface area contributed by atoms with Crippen LogP contribution in [0.1, 0.15) is 56.6 Å². The van der Waals surface area contributed by atoms with Crippen LogP contribution in [0.4, 0.5) is 0 Å². The minimum Gasteiger partial charge on any atom is -0.465 e. The van der Waals surface area contributed by atoms with E-state index in [1.807, 2.05) is 44.2 Å². The molecule has 5 rings (SSSR count). The Kier molecular flexibility index (Phi) is 7.56. The van der Waals surface area contributed by atoms with Crippen molar-refractivity contribution in [1.29, 1.82) is 0 Å². The average Bonchev–Trinajstić information content (AvgIpc) is 3.42. The first-order chi connectivity index (χ1) is 18.6. The van der Waals surface area contributed by atoms with E-state index in [0.29, 0.717) is 12.2 Å². The number of carbonyl (C=O) groups is 1. The zero-order valence-electron chi connectivity index (χ0n) is 23.5. The van der Waals surface area contributed by atoms with Crippen molar-refractivity contribution in [1.82, 2.24) is 0 Å². The first-order valence-corrected chi connectivity index (χ1v) is 15.4. The molecule has 4 atom stereocenters. The highest BCUT2D eigenvalue weighted by Crippen LogP contribution is 2.46. The lowest BCUT2D eigenvalue weighted by molar-refractivity contribution is -0.190. The first-order valence-electron chi connectivity index (χ1n) is 13.5. The van der Waals surface area contributed by atoms with Crippen molar-refractivity contribution in [2.45, 2.75) is 69.9 Å². The van der Waals surface area contributed by atoms with Crippen LogP contribution in [0.15, 0.2) is 84.9 Å². The number of ether oxygens (including phenoxy) is 4. The maximum atomic E-state index is 12.2. The zero-order valence-corrected chi connectivity index (χ0v) is 24.5. The van der Waals surface area contributed by atoms with E-state index in [0.717, 1.165) is 5.56 Å². The van der Waals surface area contributed by atoms with E-state index in [-0.39, 0.29) is 29.3 Å². The van der Waals surface area contributed by atoms with Gasteiger partial charge in [-0.25, -0.2) is 4.79 Å². The van der Waals surface area contributed by atoms with Gasteiger partial charge in [0.1, 0.15) is 24.4 Å². The van der Waals surface area contributed by atoms with Crippen LogP contribution < -0.4 is 10.4 Å². The van der Waals surface area contributed by atoms with Crippen molar-refractivity contribution in [2.24, 2.45) is 0 Å². The van der Waals surface area contributed by atoms with Crippen LogP contribution >= 0.6 is 0 Å². The number of esters is 1. The topological polar surface area (TPSA) is 63.2 Å². The quantitative estimate of drug-likeness (QED) is 0.307. The van der Waals surface area contributed by atoms with Gasteiger partial charge in [-0.05, 0) is 47.0 Å². The summed E-state index contributed by atoms with van der Waals surface area (Å²) < 4.78 is 31.5.